The number of nitrogens with zero attached hydrogens (tertiary/aromatic N) is 2. The van der Waals surface area contributed by atoms with Gasteiger partial charge < -0.3 is 4.74 Å². The molecule has 0 aliphatic carbocycles. The Labute approximate surface area is 136 Å². The minimum atomic E-state index is -3.57. The summed E-state index contributed by atoms with van der Waals surface area (Å²) in [6.45, 7) is 7.59. The Bertz CT molecular complexity index is 572. The van der Waals surface area contributed by atoms with E-state index in [2.05, 4.69) is 28.5 Å². The van der Waals surface area contributed by atoms with E-state index in [1.54, 1.807) is 0 Å². The van der Waals surface area contributed by atoms with Crippen molar-refractivity contribution in [1.29, 1.82) is 0 Å². The van der Waals surface area contributed by atoms with Gasteiger partial charge in [0, 0.05) is 31.9 Å². The van der Waals surface area contributed by atoms with Gasteiger partial charge in [-0.3, -0.25) is 4.90 Å². The third kappa shape index (κ3) is 4.63. The van der Waals surface area contributed by atoms with Gasteiger partial charge in [0.15, 0.2) is 0 Å². The van der Waals surface area contributed by atoms with Gasteiger partial charge >= 0.3 is 0 Å². The number of aromatic nitrogens is 1. The van der Waals surface area contributed by atoms with E-state index in [9.17, 15) is 8.42 Å². The lowest BCUT2D eigenvalue weighted by molar-refractivity contribution is 0.00776. The fourth-order valence-corrected chi connectivity index (χ4v) is 3.60. The molecule has 124 valence electrons. The van der Waals surface area contributed by atoms with Crippen molar-refractivity contribution in [3.8, 4) is 0 Å². The van der Waals surface area contributed by atoms with E-state index in [4.69, 9.17) is 16.3 Å². The average molecular weight is 348 g/mol. The number of hydrogen-bond acceptors (Lipinski definition) is 5. The monoisotopic (exact) mass is 347 g/mol. The second-order valence-electron chi connectivity index (χ2n) is 5.63. The molecule has 0 saturated carbocycles. The first-order chi connectivity index (χ1) is 10.4. The summed E-state index contributed by atoms with van der Waals surface area (Å²) >= 11 is 5.69. The highest BCUT2D eigenvalue weighted by Gasteiger charge is 2.26. The zero-order chi connectivity index (χ0) is 16.2. The maximum Gasteiger partial charge on any atom is 0.242 e. The minimum absolute atomic E-state index is 0.126. The number of ether oxygens (including phenoxy) is 1. The van der Waals surface area contributed by atoms with E-state index in [0.29, 0.717) is 25.7 Å². The van der Waals surface area contributed by atoms with E-state index in [0.717, 1.165) is 13.1 Å². The Kier molecular flexibility index (Phi) is 6.17. The van der Waals surface area contributed by atoms with Crippen LogP contribution < -0.4 is 4.72 Å². The molecule has 1 aliphatic rings. The molecule has 2 heterocycles. The molecule has 1 aliphatic heterocycles. The first-order valence-electron chi connectivity index (χ1n) is 7.33. The van der Waals surface area contributed by atoms with Crippen LogP contribution in [-0.2, 0) is 14.8 Å². The predicted octanol–water partition coefficient (Wildman–Crippen LogP) is 1.37. The number of nitrogens with one attached hydrogen (secondary N) is 1. The quantitative estimate of drug-likeness (QED) is 0.787. The molecule has 0 bridgehead atoms. The van der Waals surface area contributed by atoms with Crippen molar-refractivity contribution in [2.45, 2.75) is 24.8 Å². The minimum Gasteiger partial charge on any atom is -0.379 e. The zero-order valence-corrected chi connectivity index (χ0v) is 14.4. The van der Waals surface area contributed by atoms with Gasteiger partial charge in [0.25, 0.3) is 0 Å². The summed E-state index contributed by atoms with van der Waals surface area (Å²) < 4.78 is 32.7. The zero-order valence-electron chi connectivity index (χ0n) is 12.8. The highest BCUT2D eigenvalue weighted by Crippen LogP contribution is 2.15. The highest BCUT2D eigenvalue weighted by molar-refractivity contribution is 7.89. The van der Waals surface area contributed by atoms with Crippen molar-refractivity contribution < 1.29 is 13.2 Å². The molecule has 1 fully saturated rings. The van der Waals surface area contributed by atoms with Crippen molar-refractivity contribution in [1.82, 2.24) is 14.6 Å². The number of hydrogen-bond donors (Lipinski definition) is 1. The first kappa shape index (κ1) is 17.6. The molecule has 1 N–H and O–H groups in total. The molecular formula is C14H22ClN3O3S. The van der Waals surface area contributed by atoms with Crippen LogP contribution in [0.2, 0.25) is 5.15 Å². The molecule has 0 aromatic carbocycles. The van der Waals surface area contributed by atoms with E-state index >= 15 is 0 Å². The predicted molar refractivity (Wildman–Crippen MR) is 85.5 cm³/mol. The van der Waals surface area contributed by atoms with E-state index in [-0.39, 0.29) is 16.1 Å². The standard InChI is InChI=1S/C14H22ClN3O3S/c1-11(2)13(18-5-7-21-8-6-18)10-17-22(19,20)12-3-4-14(15)16-9-12/h3-4,9,11,13,17H,5-8,10H2,1-2H3. The van der Waals surface area contributed by atoms with Crippen molar-refractivity contribution in [2.75, 3.05) is 32.8 Å². The van der Waals surface area contributed by atoms with Crippen LogP contribution in [0.5, 0.6) is 0 Å². The Morgan fingerprint density at radius 1 is 1.36 bits per heavy atom. The fourth-order valence-electron chi connectivity index (χ4n) is 2.50. The normalized spacial score (nSPS) is 18.5. The van der Waals surface area contributed by atoms with Crippen LogP contribution in [0.4, 0.5) is 0 Å². The second kappa shape index (κ2) is 7.70. The van der Waals surface area contributed by atoms with Crippen LogP contribution in [0.15, 0.2) is 23.2 Å². The fraction of sp³-hybridized carbons (Fsp3) is 0.643. The van der Waals surface area contributed by atoms with Crippen molar-refractivity contribution in [3.63, 3.8) is 0 Å². The van der Waals surface area contributed by atoms with E-state index in [1.807, 2.05) is 0 Å². The van der Waals surface area contributed by atoms with Gasteiger partial charge in [-0.2, -0.15) is 0 Å². The van der Waals surface area contributed by atoms with Crippen LogP contribution in [0.3, 0.4) is 0 Å². The maximum atomic E-state index is 12.3. The molecule has 1 unspecified atom stereocenters. The van der Waals surface area contributed by atoms with Gasteiger partial charge in [-0.1, -0.05) is 25.4 Å². The number of rotatable bonds is 6. The molecule has 1 saturated heterocycles. The molecule has 0 radical (unpaired) electrons. The Morgan fingerprint density at radius 3 is 2.59 bits per heavy atom. The van der Waals surface area contributed by atoms with Gasteiger partial charge in [0.2, 0.25) is 10.0 Å². The molecule has 22 heavy (non-hydrogen) atoms. The van der Waals surface area contributed by atoms with Gasteiger partial charge in [-0.05, 0) is 18.1 Å². The molecule has 1 atom stereocenters. The third-order valence-electron chi connectivity index (χ3n) is 3.78. The van der Waals surface area contributed by atoms with Crippen LogP contribution in [0, 0.1) is 5.92 Å². The van der Waals surface area contributed by atoms with E-state index < -0.39 is 10.0 Å². The van der Waals surface area contributed by atoms with Gasteiger partial charge in [0.05, 0.1) is 13.2 Å². The van der Waals surface area contributed by atoms with Crippen molar-refractivity contribution >= 4 is 21.6 Å². The van der Waals surface area contributed by atoms with Gasteiger partial charge in [-0.25, -0.2) is 18.1 Å². The summed E-state index contributed by atoms with van der Waals surface area (Å²) in [7, 11) is -3.57. The maximum absolute atomic E-state index is 12.3. The lowest BCUT2D eigenvalue weighted by Crippen LogP contribution is -2.51. The van der Waals surface area contributed by atoms with E-state index in [1.165, 1.54) is 18.3 Å². The second-order valence-corrected chi connectivity index (χ2v) is 7.78. The van der Waals surface area contributed by atoms with Gasteiger partial charge in [0.1, 0.15) is 10.0 Å². The van der Waals surface area contributed by atoms with Crippen molar-refractivity contribution in [2.24, 2.45) is 5.92 Å². The lowest BCUT2D eigenvalue weighted by atomic mass is 10.0. The summed E-state index contributed by atoms with van der Waals surface area (Å²) in [5, 5.41) is 0.271. The summed E-state index contributed by atoms with van der Waals surface area (Å²) in [4.78, 5) is 6.22. The summed E-state index contributed by atoms with van der Waals surface area (Å²) in [5.74, 6) is 0.337. The van der Waals surface area contributed by atoms with Crippen LogP contribution in [0.25, 0.3) is 0 Å². The molecule has 1 aromatic heterocycles. The number of morpholine rings is 1. The molecule has 6 nitrogen and oxygen atoms in total. The SMILES string of the molecule is CC(C)C(CNS(=O)(=O)c1ccc(Cl)nc1)N1CCOCC1. The summed E-state index contributed by atoms with van der Waals surface area (Å²) in [6, 6.07) is 3.06. The number of pyridine rings is 1. The van der Waals surface area contributed by atoms with Crippen LogP contribution in [-0.4, -0.2) is 57.2 Å². The Hall–Kier alpha value is -0.730. The highest BCUT2D eigenvalue weighted by atomic mass is 35.5. The first-order valence-corrected chi connectivity index (χ1v) is 9.19. The third-order valence-corrected chi connectivity index (χ3v) is 5.41. The van der Waals surface area contributed by atoms with Gasteiger partial charge in [-0.15, -0.1) is 0 Å². The van der Waals surface area contributed by atoms with Crippen LogP contribution >= 0.6 is 11.6 Å². The molecule has 1 aromatic rings. The lowest BCUT2D eigenvalue weighted by Gasteiger charge is -2.36. The molecular weight excluding hydrogens is 326 g/mol. The molecule has 0 spiro atoms. The number of halogens is 1. The largest absolute Gasteiger partial charge is 0.379 e. The Balaban J connectivity index is 2.03. The topological polar surface area (TPSA) is 71.5 Å². The summed E-state index contributed by atoms with van der Waals surface area (Å²) in [5.41, 5.74) is 0. The molecule has 0 amide bonds. The Morgan fingerprint density at radius 2 is 2.05 bits per heavy atom. The van der Waals surface area contributed by atoms with Crippen molar-refractivity contribution in [3.05, 3.63) is 23.5 Å². The smallest absolute Gasteiger partial charge is 0.242 e. The molecule has 2 rings (SSSR count). The van der Waals surface area contributed by atoms with Crippen LogP contribution in [0.1, 0.15) is 13.8 Å². The number of sulfonamides is 1. The summed E-state index contributed by atoms with van der Waals surface area (Å²) in [6.07, 6.45) is 1.27. The average Bonchev–Trinajstić information content (AvgIpc) is 2.48. The molecule has 8 heteroatoms.